The maximum atomic E-state index is 11.6. The Labute approximate surface area is 81.0 Å². The molecule has 0 bridgehead atoms. The number of benzene rings is 1. The van der Waals surface area contributed by atoms with Gasteiger partial charge in [0.1, 0.15) is 5.75 Å². The number of phenolic OH excluding ortho intramolecular Hbond substituents is 1. The first-order valence-corrected chi connectivity index (χ1v) is 4.55. The number of H-pyrrole nitrogens is 1. The van der Waals surface area contributed by atoms with E-state index in [9.17, 15) is 9.90 Å². The first-order valence-electron chi connectivity index (χ1n) is 4.55. The van der Waals surface area contributed by atoms with Gasteiger partial charge >= 0.3 is 0 Å². The fourth-order valence-electron chi connectivity index (χ4n) is 1.48. The number of aromatic hydroxyl groups is 1. The third-order valence-corrected chi connectivity index (χ3v) is 2.25. The van der Waals surface area contributed by atoms with Crippen LogP contribution in [0.3, 0.4) is 0 Å². The maximum absolute atomic E-state index is 11.6. The molecule has 0 saturated carbocycles. The highest BCUT2D eigenvalue weighted by molar-refractivity contribution is 5.79. The third kappa shape index (κ3) is 1.37. The molecule has 1 aromatic heterocycles. The summed E-state index contributed by atoms with van der Waals surface area (Å²) in [6.45, 7) is 1.98. The second-order valence-electron chi connectivity index (χ2n) is 3.24. The van der Waals surface area contributed by atoms with Gasteiger partial charge in [-0.15, -0.1) is 0 Å². The first kappa shape index (κ1) is 8.81. The Morgan fingerprint density at radius 1 is 1.36 bits per heavy atom. The van der Waals surface area contributed by atoms with Crippen LogP contribution in [0.5, 0.6) is 5.75 Å². The highest BCUT2D eigenvalue weighted by atomic mass is 16.3. The van der Waals surface area contributed by atoms with Gasteiger partial charge in [0, 0.05) is 22.7 Å². The zero-order valence-electron chi connectivity index (χ0n) is 7.87. The van der Waals surface area contributed by atoms with Crippen LogP contribution in [-0.4, -0.2) is 10.1 Å². The number of hydrogen-bond acceptors (Lipinski definition) is 2. The van der Waals surface area contributed by atoms with Crippen molar-refractivity contribution in [2.24, 2.45) is 0 Å². The van der Waals surface area contributed by atoms with Crippen molar-refractivity contribution in [3.8, 4) is 5.75 Å². The number of rotatable bonds is 1. The average Bonchev–Trinajstić information content (AvgIpc) is 2.19. The lowest BCUT2D eigenvalue weighted by atomic mass is 10.1. The maximum Gasteiger partial charge on any atom is 0.189 e. The number of fused-ring (bicyclic) bond motifs is 1. The van der Waals surface area contributed by atoms with E-state index in [4.69, 9.17) is 0 Å². The van der Waals surface area contributed by atoms with Crippen molar-refractivity contribution in [3.63, 3.8) is 0 Å². The minimum atomic E-state index is -0.0495. The number of hydrogen-bond donors (Lipinski definition) is 2. The standard InChI is InChI=1S/C11H11NO2/c1-2-7-5-11(14)9-6-8(13)3-4-10(9)12-7/h3-6,13H,2H2,1H3,(H,12,14). The third-order valence-electron chi connectivity index (χ3n) is 2.25. The van der Waals surface area contributed by atoms with Gasteiger partial charge < -0.3 is 10.1 Å². The van der Waals surface area contributed by atoms with Crippen LogP contribution in [0, 0.1) is 0 Å². The Hall–Kier alpha value is -1.77. The van der Waals surface area contributed by atoms with Crippen LogP contribution in [-0.2, 0) is 6.42 Å². The van der Waals surface area contributed by atoms with Crippen molar-refractivity contribution >= 4 is 10.9 Å². The minimum absolute atomic E-state index is 0.0495. The van der Waals surface area contributed by atoms with E-state index in [1.807, 2.05) is 6.92 Å². The van der Waals surface area contributed by atoms with Crippen molar-refractivity contribution < 1.29 is 5.11 Å². The van der Waals surface area contributed by atoms with Crippen LogP contribution in [0.4, 0.5) is 0 Å². The van der Waals surface area contributed by atoms with Gasteiger partial charge in [-0.25, -0.2) is 0 Å². The van der Waals surface area contributed by atoms with Crippen molar-refractivity contribution in [1.82, 2.24) is 4.98 Å². The molecule has 2 rings (SSSR count). The van der Waals surface area contributed by atoms with E-state index in [0.717, 1.165) is 17.6 Å². The zero-order chi connectivity index (χ0) is 10.1. The summed E-state index contributed by atoms with van der Waals surface area (Å²) < 4.78 is 0. The van der Waals surface area contributed by atoms with E-state index in [2.05, 4.69) is 4.98 Å². The Balaban J connectivity index is 2.83. The highest BCUT2D eigenvalue weighted by Gasteiger charge is 2.01. The SMILES string of the molecule is CCc1cc(=O)c2cc(O)ccc2[nH]1. The highest BCUT2D eigenvalue weighted by Crippen LogP contribution is 2.15. The van der Waals surface area contributed by atoms with Gasteiger partial charge in [0.2, 0.25) is 0 Å². The average molecular weight is 189 g/mol. The van der Waals surface area contributed by atoms with E-state index in [1.54, 1.807) is 18.2 Å². The quantitative estimate of drug-likeness (QED) is 0.718. The number of aromatic amines is 1. The number of phenols is 1. The molecule has 2 N–H and O–H groups in total. The molecular weight excluding hydrogens is 178 g/mol. The zero-order valence-corrected chi connectivity index (χ0v) is 7.87. The van der Waals surface area contributed by atoms with Crippen molar-refractivity contribution in [2.75, 3.05) is 0 Å². The number of aromatic nitrogens is 1. The predicted molar refractivity (Wildman–Crippen MR) is 55.6 cm³/mol. The Kier molecular flexibility index (Phi) is 2.00. The van der Waals surface area contributed by atoms with Crippen LogP contribution in [0.2, 0.25) is 0 Å². The lowest BCUT2D eigenvalue weighted by molar-refractivity contribution is 0.476. The van der Waals surface area contributed by atoms with E-state index >= 15 is 0 Å². The Bertz CT molecular complexity index is 528. The van der Waals surface area contributed by atoms with E-state index < -0.39 is 0 Å². The molecule has 0 spiro atoms. The monoisotopic (exact) mass is 189 g/mol. The smallest absolute Gasteiger partial charge is 0.189 e. The molecule has 0 unspecified atom stereocenters. The van der Waals surface area contributed by atoms with Gasteiger partial charge in [-0.2, -0.15) is 0 Å². The molecule has 0 aliphatic rings. The molecule has 0 atom stereocenters. The van der Waals surface area contributed by atoms with Gasteiger partial charge in [-0.3, -0.25) is 4.79 Å². The lowest BCUT2D eigenvalue weighted by Gasteiger charge is -2.01. The summed E-state index contributed by atoms with van der Waals surface area (Å²) in [5.41, 5.74) is 1.63. The van der Waals surface area contributed by atoms with Gasteiger partial charge in [0.15, 0.2) is 5.43 Å². The van der Waals surface area contributed by atoms with Crippen LogP contribution in [0.1, 0.15) is 12.6 Å². The fraction of sp³-hybridized carbons (Fsp3) is 0.182. The topological polar surface area (TPSA) is 53.1 Å². The largest absolute Gasteiger partial charge is 0.508 e. The molecule has 14 heavy (non-hydrogen) atoms. The van der Waals surface area contributed by atoms with Gasteiger partial charge in [0.25, 0.3) is 0 Å². The molecule has 2 aromatic rings. The molecule has 1 heterocycles. The lowest BCUT2D eigenvalue weighted by Crippen LogP contribution is -2.04. The summed E-state index contributed by atoms with van der Waals surface area (Å²) in [4.78, 5) is 14.7. The summed E-state index contributed by atoms with van der Waals surface area (Å²) in [6.07, 6.45) is 0.798. The molecular formula is C11H11NO2. The Morgan fingerprint density at radius 3 is 2.86 bits per heavy atom. The Morgan fingerprint density at radius 2 is 2.14 bits per heavy atom. The van der Waals surface area contributed by atoms with E-state index in [1.165, 1.54) is 6.07 Å². The van der Waals surface area contributed by atoms with E-state index in [0.29, 0.717) is 5.39 Å². The minimum Gasteiger partial charge on any atom is -0.508 e. The van der Waals surface area contributed by atoms with Crippen molar-refractivity contribution in [1.29, 1.82) is 0 Å². The summed E-state index contributed by atoms with van der Waals surface area (Å²) in [5, 5.41) is 9.76. The van der Waals surface area contributed by atoms with Gasteiger partial charge in [-0.05, 0) is 24.6 Å². The molecule has 0 aliphatic carbocycles. The van der Waals surface area contributed by atoms with E-state index in [-0.39, 0.29) is 11.2 Å². The van der Waals surface area contributed by atoms with Gasteiger partial charge in [-0.1, -0.05) is 6.92 Å². The second-order valence-corrected chi connectivity index (χ2v) is 3.24. The van der Waals surface area contributed by atoms with Crippen LogP contribution in [0.15, 0.2) is 29.1 Å². The molecule has 0 aliphatic heterocycles. The fourth-order valence-corrected chi connectivity index (χ4v) is 1.48. The molecule has 3 heteroatoms. The summed E-state index contributed by atoms with van der Waals surface area (Å²) >= 11 is 0. The molecule has 0 amide bonds. The van der Waals surface area contributed by atoms with Crippen molar-refractivity contribution in [3.05, 3.63) is 40.2 Å². The van der Waals surface area contributed by atoms with Crippen LogP contribution in [0.25, 0.3) is 10.9 Å². The summed E-state index contributed by atoms with van der Waals surface area (Å²) in [6, 6.07) is 6.33. The molecule has 3 nitrogen and oxygen atoms in total. The molecule has 0 fully saturated rings. The summed E-state index contributed by atoms with van der Waals surface area (Å²) in [7, 11) is 0. The molecule has 72 valence electrons. The molecule has 0 radical (unpaired) electrons. The second kappa shape index (κ2) is 3.18. The van der Waals surface area contributed by atoms with Crippen LogP contribution >= 0.6 is 0 Å². The molecule has 0 saturated heterocycles. The van der Waals surface area contributed by atoms with Gasteiger partial charge in [0.05, 0.1) is 0 Å². The van der Waals surface area contributed by atoms with Crippen molar-refractivity contribution in [2.45, 2.75) is 13.3 Å². The number of pyridine rings is 1. The van der Waals surface area contributed by atoms with Crippen LogP contribution < -0.4 is 5.43 Å². The number of aryl methyl sites for hydroxylation is 1. The normalized spacial score (nSPS) is 10.6. The first-order chi connectivity index (χ1) is 6.70. The number of nitrogens with one attached hydrogen (secondary N) is 1. The molecule has 1 aromatic carbocycles. The predicted octanol–water partition coefficient (Wildman–Crippen LogP) is 1.80. The summed E-state index contributed by atoms with van der Waals surface area (Å²) in [5.74, 6) is 0.118.